The first-order chi connectivity index (χ1) is 8.28. The van der Waals surface area contributed by atoms with Crippen molar-refractivity contribution in [3.63, 3.8) is 0 Å². The lowest BCUT2D eigenvalue weighted by atomic mass is 9.89. The summed E-state index contributed by atoms with van der Waals surface area (Å²) in [6.07, 6.45) is 1.09. The second-order valence-electron chi connectivity index (χ2n) is 4.91. The van der Waals surface area contributed by atoms with Crippen LogP contribution in [-0.2, 0) is 0 Å². The van der Waals surface area contributed by atoms with Gasteiger partial charge in [-0.25, -0.2) is 0 Å². The monoisotopic (exact) mass is 233 g/mol. The first-order valence-electron chi connectivity index (χ1n) is 6.38. The molecule has 1 N–H and O–H groups in total. The van der Waals surface area contributed by atoms with E-state index < -0.39 is 0 Å². The van der Waals surface area contributed by atoms with Crippen LogP contribution < -0.4 is 5.43 Å². The molecule has 0 aromatic carbocycles. The van der Waals surface area contributed by atoms with Crippen molar-refractivity contribution in [2.75, 3.05) is 19.6 Å². The van der Waals surface area contributed by atoms with E-state index in [1.54, 1.807) is 0 Å². The van der Waals surface area contributed by atoms with Crippen LogP contribution in [0.15, 0.2) is 21.7 Å². The summed E-state index contributed by atoms with van der Waals surface area (Å²) in [5.74, 6) is 2.47. The molecule has 2 unspecified atom stereocenters. The molecule has 0 aliphatic carbocycles. The molecule has 4 nitrogen and oxygen atoms in total. The lowest BCUT2D eigenvalue weighted by Gasteiger charge is -2.32. The molecule has 1 saturated heterocycles. The molecule has 0 bridgehead atoms. The molecule has 17 heavy (non-hydrogen) atoms. The van der Waals surface area contributed by atoms with Crippen LogP contribution in [0.5, 0.6) is 0 Å². The molecule has 0 saturated carbocycles. The van der Waals surface area contributed by atoms with Crippen molar-refractivity contribution < 1.29 is 4.42 Å². The summed E-state index contributed by atoms with van der Waals surface area (Å²) >= 11 is 0. The minimum atomic E-state index is 0.230. The van der Waals surface area contributed by atoms with E-state index in [0.29, 0.717) is 5.92 Å². The normalized spacial score (nSPS) is 28.7. The zero-order chi connectivity index (χ0) is 11.8. The Morgan fingerprint density at radius 3 is 3.12 bits per heavy atom. The number of furan rings is 1. The van der Waals surface area contributed by atoms with Gasteiger partial charge < -0.3 is 9.32 Å². The third-order valence-corrected chi connectivity index (χ3v) is 3.83. The zero-order valence-corrected chi connectivity index (χ0v) is 10.4. The van der Waals surface area contributed by atoms with Gasteiger partial charge in [-0.2, -0.15) is 5.10 Å². The average molecular weight is 233 g/mol. The van der Waals surface area contributed by atoms with Crippen LogP contribution in [-0.4, -0.2) is 30.2 Å². The molecule has 1 fully saturated rings. The number of likely N-dealkylation sites (tertiary alicyclic amines) is 1. The maximum Gasteiger partial charge on any atom is 0.128 e. The predicted molar refractivity (Wildman–Crippen MR) is 67.0 cm³/mol. The topological polar surface area (TPSA) is 40.8 Å². The SMILES string of the molecule is CCN1CCC2=NNC(c3ccc(C)o3)C2C1. The Balaban J connectivity index is 1.80. The maximum absolute atomic E-state index is 5.73. The highest BCUT2D eigenvalue weighted by atomic mass is 16.3. The van der Waals surface area contributed by atoms with E-state index in [-0.39, 0.29) is 6.04 Å². The molecule has 2 aliphatic rings. The summed E-state index contributed by atoms with van der Waals surface area (Å²) < 4.78 is 5.73. The van der Waals surface area contributed by atoms with Crippen molar-refractivity contribution in [2.45, 2.75) is 26.3 Å². The van der Waals surface area contributed by atoms with Gasteiger partial charge in [-0.1, -0.05) is 6.92 Å². The Morgan fingerprint density at radius 2 is 2.41 bits per heavy atom. The van der Waals surface area contributed by atoms with Crippen molar-refractivity contribution in [2.24, 2.45) is 11.0 Å². The third-order valence-electron chi connectivity index (χ3n) is 3.83. The molecule has 4 heteroatoms. The van der Waals surface area contributed by atoms with Crippen molar-refractivity contribution in [3.8, 4) is 0 Å². The van der Waals surface area contributed by atoms with Gasteiger partial charge in [0.2, 0.25) is 0 Å². The Hall–Kier alpha value is -1.29. The number of hydrazone groups is 1. The Bertz CT molecular complexity index is 438. The number of fused-ring (bicyclic) bond motifs is 1. The van der Waals surface area contributed by atoms with Crippen LogP contribution in [0.4, 0.5) is 0 Å². The predicted octanol–water partition coefficient (Wildman–Crippen LogP) is 1.93. The van der Waals surface area contributed by atoms with E-state index in [4.69, 9.17) is 4.42 Å². The van der Waals surface area contributed by atoms with E-state index in [1.165, 1.54) is 5.71 Å². The molecule has 3 rings (SSSR count). The molecule has 0 amide bonds. The van der Waals surface area contributed by atoms with Gasteiger partial charge in [-0.05, 0) is 25.6 Å². The van der Waals surface area contributed by atoms with Crippen LogP contribution in [0.2, 0.25) is 0 Å². The lowest BCUT2D eigenvalue weighted by Crippen LogP contribution is -2.41. The minimum absolute atomic E-state index is 0.230. The van der Waals surface area contributed by atoms with Crippen molar-refractivity contribution in [1.29, 1.82) is 0 Å². The number of nitrogens with zero attached hydrogens (tertiary/aromatic N) is 2. The molecule has 0 spiro atoms. The third kappa shape index (κ3) is 1.86. The number of nitrogens with one attached hydrogen (secondary N) is 1. The fourth-order valence-electron chi connectivity index (χ4n) is 2.78. The fourth-order valence-corrected chi connectivity index (χ4v) is 2.78. The first kappa shape index (κ1) is 10.8. The fraction of sp³-hybridized carbons (Fsp3) is 0.615. The maximum atomic E-state index is 5.73. The molecule has 1 aromatic rings. The number of rotatable bonds is 2. The number of aryl methyl sites for hydroxylation is 1. The van der Waals surface area contributed by atoms with Crippen LogP contribution in [0, 0.1) is 12.8 Å². The molecule has 92 valence electrons. The summed E-state index contributed by atoms with van der Waals surface area (Å²) in [5.41, 5.74) is 4.55. The van der Waals surface area contributed by atoms with Crippen molar-refractivity contribution in [1.82, 2.24) is 10.3 Å². The van der Waals surface area contributed by atoms with E-state index in [0.717, 1.165) is 37.6 Å². The number of hydrogen-bond donors (Lipinski definition) is 1. The Morgan fingerprint density at radius 1 is 1.53 bits per heavy atom. The molecular weight excluding hydrogens is 214 g/mol. The molecule has 3 heterocycles. The van der Waals surface area contributed by atoms with Gasteiger partial charge in [0.15, 0.2) is 0 Å². The van der Waals surface area contributed by atoms with Crippen molar-refractivity contribution >= 4 is 5.71 Å². The largest absolute Gasteiger partial charge is 0.464 e. The molecule has 1 aromatic heterocycles. The molecule has 2 atom stereocenters. The van der Waals surface area contributed by atoms with Gasteiger partial charge in [-0.3, -0.25) is 5.43 Å². The number of piperidine rings is 1. The Kier molecular flexibility index (Phi) is 2.67. The molecular formula is C13H19N3O. The summed E-state index contributed by atoms with van der Waals surface area (Å²) in [6.45, 7) is 7.55. The molecule has 2 aliphatic heterocycles. The zero-order valence-electron chi connectivity index (χ0n) is 10.4. The van der Waals surface area contributed by atoms with Gasteiger partial charge in [0.1, 0.15) is 17.6 Å². The second kappa shape index (κ2) is 4.18. The lowest BCUT2D eigenvalue weighted by molar-refractivity contribution is 0.229. The average Bonchev–Trinajstić information content (AvgIpc) is 2.93. The van der Waals surface area contributed by atoms with Crippen LogP contribution in [0.25, 0.3) is 0 Å². The highest BCUT2D eigenvalue weighted by Crippen LogP contribution is 2.33. The highest BCUT2D eigenvalue weighted by Gasteiger charge is 2.37. The van der Waals surface area contributed by atoms with E-state index in [2.05, 4.69) is 28.4 Å². The van der Waals surface area contributed by atoms with Gasteiger partial charge in [0.05, 0.1) is 0 Å². The van der Waals surface area contributed by atoms with E-state index in [1.807, 2.05) is 13.0 Å². The minimum Gasteiger partial charge on any atom is -0.464 e. The summed E-state index contributed by atoms with van der Waals surface area (Å²) in [7, 11) is 0. The summed E-state index contributed by atoms with van der Waals surface area (Å²) in [5, 5.41) is 4.47. The van der Waals surface area contributed by atoms with Crippen LogP contribution in [0.3, 0.4) is 0 Å². The van der Waals surface area contributed by atoms with E-state index in [9.17, 15) is 0 Å². The van der Waals surface area contributed by atoms with E-state index >= 15 is 0 Å². The van der Waals surface area contributed by atoms with Gasteiger partial charge in [-0.15, -0.1) is 0 Å². The molecule has 0 radical (unpaired) electrons. The smallest absolute Gasteiger partial charge is 0.128 e. The summed E-state index contributed by atoms with van der Waals surface area (Å²) in [6, 6.07) is 4.32. The highest BCUT2D eigenvalue weighted by molar-refractivity contribution is 5.89. The van der Waals surface area contributed by atoms with Crippen LogP contribution in [0.1, 0.15) is 30.9 Å². The van der Waals surface area contributed by atoms with Crippen LogP contribution >= 0.6 is 0 Å². The number of hydrogen-bond acceptors (Lipinski definition) is 4. The van der Waals surface area contributed by atoms with Gasteiger partial charge >= 0.3 is 0 Å². The Labute approximate surface area is 102 Å². The quantitative estimate of drug-likeness (QED) is 0.848. The van der Waals surface area contributed by atoms with Gasteiger partial charge in [0, 0.05) is 31.1 Å². The summed E-state index contributed by atoms with van der Waals surface area (Å²) in [4.78, 5) is 2.49. The van der Waals surface area contributed by atoms with Crippen molar-refractivity contribution in [3.05, 3.63) is 23.7 Å². The standard InChI is InChI=1S/C13H19N3O/c1-3-16-7-6-11-10(8-16)13(15-14-11)12-5-4-9(2)17-12/h4-5,10,13,15H,3,6-8H2,1-2H3. The second-order valence-corrected chi connectivity index (χ2v) is 4.91. The first-order valence-corrected chi connectivity index (χ1v) is 6.38. The van der Waals surface area contributed by atoms with Gasteiger partial charge in [0.25, 0.3) is 0 Å².